The van der Waals surface area contributed by atoms with E-state index < -0.39 is 5.60 Å². The minimum atomic E-state index is -0.809. The molecule has 0 aliphatic carbocycles. The van der Waals surface area contributed by atoms with Gasteiger partial charge in [-0.25, -0.2) is 0 Å². The largest absolute Gasteiger partial charge is 0.446 e. The lowest BCUT2D eigenvalue weighted by Crippen LogP contribution is -2.32. The molecular weight excluding hydrogens is 336 g/mol. The smallest absolute Gasteiger partial charge is 0.304 e. The van der Waals surface area contributed by atoms with E-state index in [-0.39, 0.29) is 15.1 Å². The molecule has 0 saturated carbocycles. The highest BCUT2D eigenvalue weighted by Crippen LogP contribution is 2.32. The van der Waals surface area contributed by atoms with Crippen LogP contribution in [-0.4, -0.2) is 20.7 Å². The van der Waals surface area contributed by atoms with Gasteiger partial charge in [-0.1, -0.05) is 37.8 Å². The number of hydrogen-bond donors (Lipinski definition) is 0. The molecule has 2 atom stereocenters. The van der Waals surface area contributed by atoms with Crippen molar-refractivity contribution in [3.63, 3.8) is 0 Å². The molecule has 0 aromatic heterocycles. The molecule has 0 amide bonds. The number of hydrogen-bond acceptors (Lipinski definition) is 2. The average molecular weight is 354 g/mol. The predicted octanol–water partition coefficient (Wildman–Crippen LogP) is 3.66. The molecule has 0 aromatic carbocycles. The number of halogens is 2. The molecule has 0 aromatic rings. The molecular formula is C12H18Br2O2. The minimum Gasteiger partial charge on any atom is -0.446 e. The van der Waals surface area contributed by atoms with Crippen LogP contribution in [0.1, 0.15) is 40.5 Å². The molecule has 2 nitrogen and oxygen atoms in total. The SMILES string of the molecule is C#CC(C)(CCC(Br)C(C)(C)Br)OC(C)=O. The second kappa shape index (κ2) is 6.07. The second-order valence-electron chi connectivity index (χ2n) is 4.54. The maximum Gasteiger partial charge on any atom is 0.304 e. The molecule has 0 aliphatic heterocycles. The number of alkyl halides is 2. The number of rotatable bonds is 5. The Morgan fingerprint density at radius 2 is 2.00 bits per heavy atom. The van der Waals surface area contributed by atoms with Crippen molar-refractivity contribution in [3.05, 3.63) is 0 Å². The molecule has 0 radical (unpaired) electrons. The number of esters is 1. The first-order chi connectivity index (χ1) is 7.10. The van der Waals surface area contributed by atoms with E-state index in [1.54, 1.807) is 6.92 Å². The van der Waals surface area contributed by atoms with Gasteiger partial charge in [0.1, 0.15) is 0 Å². The molecule has 92 valence electrons. The molecule has 0 fully saturated rings. The topological polar surface area (TPSA) is 26.3 Å². The van der Waals surface area contributed by atoms with Crippen LogP contribution >= 0.6 is 31.9 Å². The third-order valence-corrected chi connectivity index (χ3v) is 5.06. The summed E-state index contributed by atoms with van der Waals surface area (Å²) in [5, 5.41) is 0. The first-order valence-electron chi connectivity index (χ1n) is 5.11. The lowest BCUT2D eigenvalue weighted by atomic mass is 9.96. The average Bonchev–Trinajstić information content (AvgIpc) is 2.11. The highest BCUT2D eigenvalue weighted by molar-refractivity contribution is 9.12. The number of carbonyl (C=O) groups is 1. The zero-order valence-electron chi connectivity index (χ0n) is 10.1. The fraction of sp³-hybridized carbons (Fsp3) is 0.750. The van der Waals surface area contributed by atoms with Crippen molar-refractivity contribution < 1.29 is 9.53 Å². The summed E-state index contributed by atoms with van der Waals surface area (Å²) in [6.07, 6.45) is 6.85. The Morgan fingerprint density at radius 1 is 1.50 bits per heavy atom. The fourth-order valence-corrected chi connectivity index (χ4v) is 1.67. The van der Waals surface area contributed by atoms with Gasteiger partial charge in [-0.3, -0.25) is 4.79 Å². The van der Waals surface area contributed by atoms with Crippen LogP contribution in [-0.2, 0) is 9.53 Å². The van der Waals surface area contributed by atoms with Crippen LogP contribution in [0.15, 0.2) is 0 Å². The zero-order chi connectivity index (χ0) is 13.0. The number of carbonyl (C=O) groups excluding carboxylic acids is 1. The van der Waals surface area contributed by atoms with Crippen LogP contribution in [0.3, 0.4) is 0 Å². The standard InChI is InChI=1S/C12H18Br2O2/c1-6-12(5,16-9(2)15)8-7-10(13)11(3,4)14/h1,10H,7-8H2,2-5H3. The summed E-state index contributed by atoms with van der Waals surface area (Å²) < 4.78 is 5.12. The molecule has 0 aliphatic rings. The second-order valence-corrected chi connectivity index (χ2v) is 7.69. The van der Waals surface area contributed by atoms with Crippen LogP contribution in [0.25, 0.3) is 0 Å². The Kier molecular flexibility index (Phi) is 6.06. The van der Waals surface area contributed by atoms with E-state index in [1.165, 1.54) is 6.92 Å². The number of ether oxygens (including phenoxy) is 1. The summed E-state index contributed by atoms with van der Waals surface area (Å²) in [5.41, 5.74) is -0.809. The molecule has 2 unspecified atom stereocenters. The van der Waals surface area contributed by atoms with Crippen molar-refractivity contribution in [2.75, 3.05) is 0 Å². The van der Waals surface area contributed by atoms with Gasteiger partial charge in [-0.05, 0) is 33.6 Å². The lowest BCUT2D eigenvalue weighted by Gasteiger charge is -2.28. The Balaban J connectivity index is 4.37. The summed E-state index contributed by atoms with van der Waals surface area (Å²) in [4.78, 5) is 11.2. The Morgan fingerprint density at radius 3 is 2.31 bits per heavy atom. The van der Waals surface area contributed by atoms with E-state index in [2.05, 4.69) is 51.6 Å². The highest BCUT2D eigenvalue weighted by Gasteiger charge is 2.30. The third-order valence-electron chi connectivity index (χ3n) is 2.29. The molecule has 0 rings (SSSR count). The van der Waals surface area contributed by atoms with Gasteiger partial charge in [0, 0.05) is 16.1 Å². The fourth-order valence-electron chi connectivity index (χ4n) is 1.22. The van der Waals surface area contributed by atoms with Gasteiger partial charge in [-0.2, -0.15) is 0 Å². The van der Waals surface area contributed by atoms with Crippen LogP contribution in [0.5, 0.6) is 0 Å². The third kappa shape index (κ3) is 5.91. The van der Waals surface area contributed by atoms with Crippen LogP contribution < -0.4 is 0 Å². The van der Waals surface area contributed by atoms with Crippen molar-refractivity contribution in [3.8, 4) is 12.3 Å². The van der Waals surface area contributed by atoms with Crippen LogP contribution in [0.4, 0.5) is 0 Å². The Bertz CT molecular complexity index is 288. The first kappa shape index (κ1) is 16.0. The maximum absolute atomic E-state index is 10.9. The Labute approximate surface area is 115 Å². The molecule has 0 heterocycles. The maximum atomic E-state index is 10.9. The van der Waals surface area contributed by atoms with E-state index in [4.69, 9.17) is 11.2 Å². The van der Waals surface area contributed by atoms with Crippen LogP contribution in [0, 0.1) is 12.3 Å². The van der Waals surface area contributed by atoms with Gasteiger partial charge in [0.25, 0.3) is 0 Å². The molecule has 0 N–H and O–H groups in total. The van der Waals surface area contributed by atoms with E-state index in [0.717, 1.165) is 6.42 Å². The molecule has 0 spiro atoms. The summed E-state index contributed by atoms with van der Waals surface area (Å²) in [6.45, 7) is 7.28. The summed E-state index contributed by atoms with van der Waals surface area (Å²) >= 11 is 7.17. The monoisotopic (exact) mass is 352 g/mol. The van der Waals surface area contributed by atoms with E-state index >= 15 is 0 Å². The van der Waals surface area contributed by atoms with Gasteiger partial charge < -0.3 is 4.74 Å². The van der Waals surface area contributed by atoms with Crippen molar-refractivity contribution >= 4 is 37.8 Å². The minimum absolute atomic E-state index is 0.0151. The molecule has 4 heteroatoms. The van der Waals surface area contributed by atoms with Gasteiger partial charge in [0.05, 0.1) is 0 Å². The van der Waals surface area contributed by atoms with Gasteiger partial charge >= 0.3 is 5.97 Å². The van der Waals surface area contributed by atoms with E-state index in [0.29, 0.717) is 6.42 Å². The summed E-state index contributed by atoms with van der Waals surface area (Å²) in [6, 6.07) is 0. The lowest BCUT2D eigenvalue weighted by molar-refractivity contribution is -0.150. The van der Waals surface area contributed by atoms with E-state index in [1.807, 2.05) is 0 Å². The normalized spacial score (nSPS) is 17.1. The summed E-state index contributed by atoms with van der Waals surface area (Å²) in [7, 11) is 0. The van der Waals surface area contributed by atoms with Gasteiger partial charge in [0.15, 0.2) is 5.60 Å². The van der Waals surface area contributed by atoms with Crippen molar-refractivity contribution in [1.82, 2.24) is 0 Å². The van der Waals surface area contributed by atoms with Crippen molar-refractivity contribution in [1.29, 1.82) is 0 Å². The molecule has 0 saturated heterocycles. The zero-order valence-corrected chi connectivity index (χ0v) is 13.3. The first-order valence-corrected chi connectivity index (χ1v) is 6.82. The quantitative estimate of drug-likeness (QED) is 0.428. The highest BCUT2D eigenvalue weighted by atomic mass is 79.9. The van der Waals surface area contributed by atoms with Gasteiger partial charge in [0.2, 0.25) is 0 Å². The van der Waals surface area contributed by atoms with Crippen molar-refractivity contribution in [2.45, 2.75) is 55.3 Å². The van der Waals surface area contributed by atoms with E-state index in [9.17, 15) is 4.79 Å². The Hall–Kier alpha value is -0.0100. The molecule has 0 bridgehead atoms. The summed E-state index contributed by atoms with van der Waals surface area (Å²) in [5.74, 6) is 2.19. The van der Waals surface area contributed by atoms with Crippen LogP contribution in [0.2, 0.25) is 0 Å². The van der Waals surface area contributed by atoms with Crippen molar-refractivity contribution in [2.24, 2.45) is 0 Å². The molecule has 16 heavy (non-hydrogen) atoms. The predicted molar refractivity (Wildman–Crippen MR) is 74.0 cm³/mol. The van der Waals surface area contributed by atoms with Gasteiger partial charge in [-0.15, -0.1) is 6.42 Å². The number of terminal acetylenes is 1.